The van der Waals surface area contributed by atoms with Crippen molar-refractivity contribution >= 4 is 5.97 Å². The molecule has 5 nitrogen and oxygen atoms in total. The molecule has 0 aliphatic heterocycles. The Kier molecular flexibility index (Phi) is 4.41. The first kappa shape index (κ1) is 15.5. The number of carboxylic acids is 1. The average Bonchev–Trinajstić information content (AvgIpc) is 3.03. The molecule has 0 saturated heterocycles. The zero-order valence-electron chi connectivity index (χ0n) is 12.8. The van der Waals surface area contributed by atoms with Gasteiger partial charge in [0.15, 0.2) is 0 Å². The summed E-state index contributed by atoms with van der Waals surface area (Å²) in [6, 6.07) is 16.2. The Balaban J connectivity index is 2.02. The summed E-state index contributed by atoms with van der Waals surface area (Å²) >= 11 is 0. The molecular formula is C19H15N3O2. The van der Waals surface area contributed by atoms with E-state index in [0.29, 0.717) is 12.2 Å². The third-order valence-electron chi connectivity index (χ3n) is 3.56. The summed E-state index contributed by atoms with van der Waals surface area (Å²) in [4.78, 5) is 11.0. The van der Waals surface area contributed by atoms with Gasteiger partial charge in [0.1, 0.15) is 5.69 Å². The number of aromatic carboxylic acids is 1. The lowest BCUT2D eigenvalue weighted by Crippen LogP contribution is -1.99. The number of hydrogen-bond acceptors (Lipinski definition) is 3. The molecule has 0 bridgehead atoms. The molecule has 1 aromatic heterocycles. The molecule has 0 radical (unpaired) electrons. The van der Waals surface area contributed by atoms with Gasteiger partial charge in [0, 0.05) is 17.7 Å². The largest absolute Gasteiger partial charge is 0.478 e. The summed E-state index contributed by atoms with van der Waals surface area (Å²) in [5, 5.41) is 16.2. The van der Waals surface area contributed by atoms with Gasteiger partial charge in [0.25, 0.3) is 0 Å². The van der Waals surface area contributed by atoms with Crippen LogP contribution in [0.4, 0.5) is 0 Å². The first-order chi connectivity index (χ1) is 11.7. The average molecular weight is 317 g/mol. The van der Waals surface area contributed by atoms with Crippen molar-refractivity contribution in [2.24, 2.45) is 5.73 Å². The first-order valence-corrected chi connectivity index (χ1v) is 7.37. The molecule has 0 spiro atoms. The van der Waals surface area contributed by atoms with Crippen molar-refractivity contribution < 1.29 is 9.90 Å². The van der Waals surface area contributed by atoms with Gasteiger partial charge in [-0.15, -0.1) is 0 Å². The summed E-state index contributed by atoms with van der Waals surface area (Å²) in [7, 11) is 0. The summed E-state index contributed by atoms with van der Waals surface area (Å²) in [6.45, 7) is 0.291. The minimum absolute atomic E-state index is 0.227. The van der Waals surface area contributed by atoms with Crippen molar-refractivity contribution in [3.8, 4) is 23.1 Å². The summed E-state index contributed by atoms with van der Waals surface area (Å²) in [6.07, 6.45) is 0. The number of nitrogens with two attached hydrogens (primary N) is 1. The quantitative estimate of drug-likeness (QED) is 0.648. The maximum atomic E-state index is 11.0. The Morgan fingerprint density at radius 3 is 2.42 bits per heavy atom. The van der Waals surface area contributed by atoms with Crippen LogP contribution in [0.15, 0.2) is 54.6 Å². The minimum Gasteiger partial charge on any atom is -0.478 e. The number of hydrogen-bond donors (Lipinski definition) is 3. The van der Waals surface area contributed by atoms with Crippen molar-refractivity contribution in [1.29, 1.82) is 0 Å². The molecular weight excluding hydrogens is 302 g/mol. The summed E-state index contributed by atoms with van der Waals surface area (Å²) in [5.41, 5.74) is 9.80. The number of carbonyl (C=O) groups is 1. The third kappa shape index (κ3) is 3.19. The van der Waals surface area contributed by atoms with Crippen molar-refractivity contribution in [1.82, 2.24) is 10.2 Å². The standard InChI is InChI=1S/C19H15N3O2/c20-12-17-16(11-6-13-4-2-1-3-5-13)18(22-21-17)14-7-9-15(10-8-14)19(23)24/h1-5,7-10H,12,20H2,(H,21,22)(H,23,24). The van der Waals surface area contributed by atoms with E-state index in [1.165, 1.54) is 0 Å². The van der Waals surface area contributed by atoms with Gasteiger partial charge in [0.2, 0.25) is 0 Å². The monoisotopic (exact) mass is 317 g/mol. The van der Waals surface area contributed by atoms with Crippen LogP contribution in [0.3, 0.4) is 0 Å². The molecule has 0 atom stereocenters. The molecule has 0 unspecified atom stereocenters. The Morgan fingerprint density at radius 2 is 1.79 bits per heavy atom. The van der Waals surface area contributed by atoms with E-state index in [9.17, 15) is 4.79 Å². The fourth-order valence-electron chi connectivity index (χ4n) is 2.30. The molecule has 5 heteroatoms. The van der Waals surface area contributed by atoms with Crippen molar-refractivity contribution in [3.05, 3.63) is 77.0 Å². The second-order valence-corrected chi connectivity index (χ2v) is 5.13. The van der Waals surface area contributed by atoms with E-state index in [1.54, 1.807) is 24.3 Å². The van der Waals surface area contributed by atoms with E-state index in [-0.39, 0.29) is 5.56 Å². The Hall–Kier alpha value is -3.36. The van der Waals surface area contributed by atoms with Crippen LogP contribution in [-0.4, -0.2) is 21.3 Å². The van der Waals surface area contributed by atoms with Crippen LogP contribution in [0.5, 0.6) is 0 Å². The lowest BCUT2D eigenvalue weighted by molar-refractivity contribution is 0.0697. The molecule has 0 saturated carbocycles. The van der Waals surface area contributed by atoms with Gasteiger partial charge in [-0.2, -0.15) is 5.10 Å². The van der Waals surface area contributed by atoms with Crippen LogP contribution < -0.4 is 5.73 Å². The van der Waals surface area contributed by atoms with Gasteiger partial charge in [-0.1, -0.05) is 42.2 Å². The van der Waals surface area contributed by atoms with Crippen LogP contribution in [0.25, 0.3) is 11.3 Å². The zero-order chi connectivity index (χ0) is 16.9. The Labute approximate surface area is 139 Å². The number of rotatable bonds is 3. The third-order valence-corrected chi connectivity index (χ3v) is 3.56. The zero-order valence-corrected chi connectivity index (χ0v) is 12.8. The molecule has 0 aliphatic carbocycles. The number of H-pyrrole nitrogens is 1. The van der Waals surface area contributed by atoms with Gasteiger partial charge >= 0.3 is 5.97 Å². The second kappa shape index (κ2) is 6.82. The van der Waals surface area contributed by atoms with E-state index in [1.807, 2.05) is 30.3 Å². The summed E-state index contributed by atoms with van der Waals surface area (Å²) < 4.78 is 0. The molecule has 118 valence electrons. The molecule has 2 aromatic carbocycles. The van der Waals surface area contributed by atoms with Crippen molar-refractivity contribution in [3.63, 3.8) is 0 Å². The fraction of sp³-hybridized carbons (Fsp3) is 0.0526. The maximum Gasteiger partial charge on any atom is 0.335 e. The van der Waals surface area contributed by atoms with E-state index >= 15 is 0 Å². The highest BCUT2D eigenvalue weighted by atomic mass is 16.4. The van der Waals surface area contributed by atoms with Gasteiger partial charge in [-0.25, -0.2) is 4.79 Å². The van der Waals surface area contributed by atoms with Crippen LogP contribution >= 0.6 is 0 Å². The van der Waals surface area contributed by atoms with E-state index in [4.69, 9.17) is 10.8 Å². The van der Waals surface area contributed by atoms with Crippen LogP contribution in [0, 0.1) is 11.8 Å². The first-order valence-electron chi connectivity index (χ1n) is 7.37. The van der Waals surface area contributed by atoms with Gasteiger partial charge in [-0.05, 0) is 24.3 Å². The highest BCUT2D eigenvalue weighted by Crippen LogP contribution is 2.23. The molecule has 0 aliphatic rings. The fourth-order valence-corrected chi connectivity index (χ4v) is 2.30. The molecule has 1 heterocycles. The lowest BCUT2D eigenvalue weighted by Gasteiger charge is -2.00. The molecule has 4 N–H and O–H groups in total. The minimum atomic E-state index is -0.963. The highest BCUT2D eigenvalue weighted by Gasteiger charge is 2.13. The molecule has 0 fully saturated rings. The van der Waals surface area contributed by atoms with Crippen LogP contribution in [0.1, 0.15) is 27.2 Å². The maximum absolute atomic E-state index is 11.0. The molecule has 3 rings (SSSR count). The SMILES string of the molecule is NCc1[nH]nc(-c2ccc(C(=O)O)cc2)c1C#Cc1ccccc1. The number of aromatic amines is 1. The smallest absolute Gasteiger partial charge is 0.335 e. The lowest BCUT2D eigenvalue weighted by atomic mass is 10.0. The van der Waals surface area contributed by atoms with Crippen molar-refractivity contribution in [2.75, 3.05) is 0 Å². The Bertz CT molecular complexity index is 917. The number of nitrogens with zero attached hydrogens (tertiary/aromatic N) is 1. The number of aromatic nitrogens is 2. The van der Waals surface area contributed by atoms with Crippen LogP contribution in [0.2, 0.25) is 0 Å². The van der Waals surface area contributed by atoms with E-state index in [2.05, 4.69) is 22.0 Å². The molecule has 0 amide bonds. The molecule has 3 aromatic rings. The predicted molar refractivity (Wildman–Crippen MR) is 91.3 cm³/mol. The number of benzene rings is 2. The topological polar surface area (TPSA) is 92.0 Å². The summed E-state index contributed by atoms with van der Waals surface area (Å²) in [5.74, 6) is 5.26. The van der Waals surface area contributed by atoms with Gasteiger partial charge in [0.05, 0.1) is 16.8 Å². The highest BCUT2D eigenvalue weighted by molar-refractivity contribution is 5.88. The normalized spacial score (nSPS) is 10.0. The van der Waals surface area contributed by atoms with Gasteiger partial charge in [-0.3, -0.25) is 5.10 Å². The number of carboxylic acid groups (broad SMARTS) is 1. The van der Waals surface area contributed by atoms with Crippen molar-refractivity contribution in [2.45, 2.75) is 6.54 Å². The van der Waals surface area contributed by atoms with E-state index in [0.717, 1.165) is 22.4 Å². The predicted octanol–water partition coefficient (Wildman–Crippen LogP) is 2.63. The Morgan fingerprint density at radius 1 is 1.08 bits per heavy atom. The number of nitrogens with one attached hydrogen (secondary N) is 1. The van der Waals surface area contributed by atoms with E-state index < -0.39 is 5.97 Å². The molecule has 24 heavy (non-hydrogen) atoms. The van der Waals surface area contributed by atoms with Gasteiger partial charge < -0.3 is 10.8 Å². The second-order valence-electron chi connectivity index (χ2n) is 5.13. The van der Waals surface area contributed by atoms with Crippen LogP contribution in [-0.2, 0) is 6.54 Å².